The summed E-state index contributed by atoms with van der Waals surface area (Å²) in [7, 11) is 0. The number of carboxylic acid groups (broad SMARTS) is 1. The molecule has 2 aromatic rings. The van der Waals surface area contributed by atoms with Gasteiger partial charge in [-0.3, -0.25) is 9.69 Å². The Balaban J connectivity index is 1.39. The fourth-order valence-corrected chi connectivity index (χ4v) is 7.13. The molecule has 3 heterocycles. The molecule has 2 saturated heterocycles. The number of aromatic nitrogens is 2. The fourth-order valence-electron chi connectivity index (χ4n) is 7.13. The first-order chi connectivity index (χ1) is 15.8. The van der Waals surface area contributed by atoms with Gasteiger partial charge in [0.2, 0.25) is 5.69 Å². The first-order valence-corrected chi connectivity index (χ1v) is 12.9. The molecular weight excluding hydrogens is 414 g/mol. The topological polar surface area (TPSA) is 75.4 Å². The summed E-state index contributed by atoms with van der Waals surface area (Å²) < 4.78 is 1.77. The van der Waals surface area contributed by atoms with Crippen molar-refractivity contribution in [3.63, 3.8) is 0 Å². The van der Waals surface area contributed by atoms with Crippen LogP contribution in [0.25, 0.3) is 11.0 Å². The molecule has 2 bridgehead atoms. The summed E-state index contributed by atoms with van der Waals surface area (Å²) in [6, 6.07) is 9.16. The Kier molecular flexibility index (Phi) is 6.06. The molecular formula is C27H37N3O3. The number of hydrogen-bond donors (Lipinski definition) is 1. The quantitative estimate of drug-likeness (QED) is 0.660. The lowest BCUT2D eigenvalue weighted by molar-refractivity contribution is -0.0671. The molecule has 1 aromatic heterocycles. The molecule has 2 aliphatic heterocycles. The zero-order valence-electron chi connectivity index (χ0n) is 20.1. The summed E-state index contributed by atoms with van der Waals surface area (Å²) in [5.41, 5.74) is 0.532. The first-order valence-electron chi connectivity index (χ1n) is 12.9. The zero-order chi connectivity index (χ0) is 23.3. The molecule has 3 fully saturated rings. The van der Waals surface area contributed by atoms with Gasteiger partial charge < -0.3 is 9.67 Å². The van der Waals surface area contributed by atoms with Gasteiger partial charge in [0, 0.05) is 24.2 Å². The van der Waals surface area contributed by atoms with Crippen molar-refractivity contribution in [1.82, 2.24) is 14.5 Å². The predicted molar refractivity (Wildman–Crippen MR) is 130 cm³/mol. The molecule has 6 heteroatoms. The van der Waals surface area contributed by atoms with E-state index in [0.717, 1.165) is 36.1 Å². The number of para-hydroxylation sites is 2. The Bertz CT molecular complexity index is 1070. The maximum atomic E-state index is 13.2. The van der Waals surface area contributed by atoms with Crippen molar-refractivity contribution in [3.8, 4) is 0 Å². The average Bonchev–Trinajstić information content (AvgIpc) is 2.71. The van der Waals surface area contributed by atoms with Crippen LogP contribution in [0, 0.1) is 17.8 Å². The standard InChI is InChI=1S/C27H37N3O3/c1-16(2)11-17(3)18-12-21(13-18)29-19-7-6-8-20(29)15-22(14-19)30-24-10-5-4-9-23(24)28-25(26(30)31)27(32)33/h4-5,9-10,16-22H,6-8,11-15H2,1-3H3,(H,32,33)/t17?,18?,19-,20+,21?,22+. The first kappa shape index (κ1) is 22.6. The number of carboxylic acids is 1. The molecule has 1 aliphatic carbocycles. The maximum Gasteiger partial charge on any atom is 0.360 e. The van der Waals surface area contributed by atoms with E-state index in [0.29, 0.717) is 23.6 Å². The molecule has 0 amide bonds. The van der Waals surface area contributed by atoms with Gasteiger partial charge in [-0.05, 0) is 74.8 Å². The highest BCUT2D eigenvalue weighted by molar-refractivity contribution is 5.88. The number of carbonyl (C=O) groups is 1. The summed E-state index contributed by atoms with van der Waals surface area (Å²) in [6.45, 7) is 7.07. The van der Waals surface area contributed by atoms with E-state index >= 15 is 0 Å². The maximum absolute atomic E-state index is 13.2. The smallest absolute Gasteiger partial charge is 0.360 e. The molecule has 0 radical (unpaired) electrons. The van der Waals surface area contributed by atoms with E-state index in [1.54, 1.807) is 10.6 Å². The van der Waals surface area contributed by atoms with Gasteiger partial charge in [0.05, 0.1) is 11.0 Å². The number of nitrogens with zero attached hydrogens (tertiary/aromatic N) is 3. The third-order valence-electron chi connectivity index (χ3n) is 8.59. The lowest BCUT2D eigenvalue weighted by atomic mass is 9.68. The molecule has 178 valence electrons. The molecule has 33 heavy (non-hydrogen) atoms. The predicted octanol–water partition coefficient (Wildman–Crippen LogP) is 5.11. The molecule has 1 unspecified atom stereocenters. The van der Waals surface area contributed by atoms with E-state index in [1.165, 1.54) is 38.5 Å². The van der Waals surface area contributed by atoms with Crippen LogP contribution >= 0.6 is 0 Å². The fraction of sp³-hybridized carbons (Fsp3) is 0.667. The highest BCUT2D eigenvalue weighted by Crippen LogP contribution is 2.47. The van der Waals surface area contributed by atoms with Crippen molar-refractivity contribution in [1.29, 1.82) is 0 Å². The van der Waals surface area contributed by atoms with Crippen LogP contribution in [0.2, 0.25) is 0 Å². The number of aromatic carboxylic acids is 1. The van der Waals surface area contributed by atoms with E-state index in [1.807, 2.05) is 18.2 Å². The van der Waals surface area contributed by atoms with E-state index in [-0.39, 0.29) is 11.7 Å². The summed E-state index contributed by atoms with van der Waals surface area (Å²) in [5.74, 6) is 1.17. The minimum absolute atomic E-state index is 0.0331. The second-order valence-electron chi connectivity index (χ2n) is 11.2. The number of piperidine rings is 2. The van der Waals surface area contributed by atoms with Crippen molar-refractivity contribution in [3.05, 3.63) is 40.3 Å². The second kappa shape index (κ2) is 8.86. The van der Waals surface area contributed by atoms with E-state index in [9.17, 15) is 14.7 Å². The van der Waals surface area contributed by atoms with Crippen LogP contribution in [-0.4, -0.2) is 43.7 Å². The van der Waals surface area contributed by atoms with Crippen molar-refractivity contribution >= 4 is 17.0 Å². The van der Waals surface area contributed by atoms with Crippen molar-refractivity contribution < 1.29 is 9.90 Å². The lowest BCUT2D eigenvalue weighted by Crippen LogP contribution is -2.60. The summed E-state index contributed by atoms with van der Waals surface area (Å²) >= 11 is 0. The van der Waals surface area contributed by atoms with Crippen LogP contribution in [0.5, 0.6) is 0 Å². The van der Waals surface area contributed by atoms with Gasteiger partial charge in [0.15, 0.2) is 0 Å². The summed E-state index contributed by atoms with van der Waals surface area (Å²) in [6.07, 6.45) is 9.40. The van der Waals surface area contributed by atoms with Crippen LogP contribution in [0.3, 0.4) is 0 Å². The van der Waals surface area contributed by atoms with Gasteiger partial charge in [0.25, 0.3) is 5.56 Å². The van der Waals surface area contributed by atoms with Gasteiger partial charge >= 0.3 is 5.97 Å². The average molecular weight is 452 g/mol. The molecule has 3 aliphatic rings. The highest BCUT2D eigenvalue weighted by atomic mass is 16.4. The van der Waals surface area contributed by atoms with Gasteiger partial charge in [-0.1, -0.05) is 39.3 Å². The number of hydrogen-bond acceptors (Lipinski definition) is 4. The normalized spacial score (nSPS) is 30.8. The second-order valence-corrected chi connectivity index (χ2v) is 11.2. The molecule has 0 spiro atoms. The number of benzene rings is 1. The van der Waals surface area contributed by atoms with Crippen LogP contribution < -0.4 is 5.56 Å². The minimum atomic E-state index is -1.24. The largest absolute Gasteiger partial charge is 0.476 e. The van der Waals surface area contributed by atoms with Gasteiger partial charge in [-0.2, -0.15) is 0 Å². The van der Waals surface area contributed by atoms with Crippen molar-refractivity contribution in [2.24, 2.45) is 17.8 Å². The van der Waals surface area contributed by atoms with Crippen molar-refractivity contribution in [2.45, 2.75) is 96.3 Å². The van der Waals surface area contributed by atoms with E-state index in [2.05, 4.69) is 30.7 Å². The third-order valence-corrected chi connectivity index (χ3v) is 8.59. The van der Waals surface area contributed by atoms with Gasteiger partial charge in [-0.15, -0.1) is 0 Å². The van der Waals surface area contributed by atoms with Crippen LogP contribution in [-0.2, 0) is 0 Å². The Morgan fingerprint density at radius 3 is 2.33 bits per heavy atom. The molecule has 4 atom stereocenters. The molecule has 1 saturated carbocycles. The van der Waals surface area contributed by atoms with E-state index < -0.39 is 11.5 Å². The zero-order valence-corrected chi connectivity index (χ0v) is 20.1. The number of fused-ring (bicyclic) bond motifs is 3. The van der Waals surface area contributed by atoms with Gasteiger partial charge in [-0.25, -0.2) is 9.78 Å². The van der Waals surface area contributed by atoms with Crippen LogP contribution in [0.4, 0.5) is 0 Å². The Morgan fingerprint density at radius 2 is 1.70 bits per heavy atom. The molecule has 1 N–H and O–H groups in total. The lowest BCUT2D eigenvalue weighted by Gasteiger charge is -2.57. The van der Waals surface area contributed by atoms with Gasteiger partial charge in [0.1, 0.15) is 0 Å². The molecule has 5 rings (SSSR count). The Morgan fingerprint density at radius 1 is 1.03 bits per heavy atom. The Hall–Kier alpha value is -2.21. The van der Waals surface area contributed by atoms with E-state index in [4.69, 9.17) is 0 Å². The van der Waals surface area contributed by atoms with Crippen LogP contribution in [0.15, 0.2) is 29.1 Å². The minimum Gasteiger partial charge on any atom is -0.476 e. The highest BCUT2D eigenvalue weighted by Gasteiger charge is 2.47. The Labute approximate surface area is 196 Å². The molecule has 6 nitrogen and oxygen atoms in total. The van der Waals surface area contributed by atoms with Crippen molar-refractivity contribution in [2.75, 3.05) is 0 Å². The number of rotatable bonds is 6. The molecule has 1 aromatic carbocycles. The van der Waals surface area contributed by atoms with Crippen LogP contribution in [0.1, 0.15) is 88.7 Å². The SMILES string of the molecule is CC(C)CC(C)C1CC(N2[C@@H]3CCC[C@H]2C[C@@H](n2c(=O)c(C(=O)O)nc4ccccc42)C3)C1. The monoisotopic (exact) mass is 451 g/mol. The summed E-state index contributed by atoms with van der Waals surface area (Å²) in [4.78, 5) is 32.0. The summed E-state index contributed by atoms with van der Waals surface area (Å²) in [5, 5.41) is 9.60. The third kappa shape index (κ3) is 4.11.